The van der Waals surface area contributed by atoms with Gasteiger partial charge in [0.05, 0.1) is 0 Å². The molecule has 0 spiro atoms. The molecule has 1 aromatic rings. The van der Waals surface area contributed by atoms with Crippen molar-refractivity contribution in [3.8, 4) is 0 Å². The Labute approximate surface area is 93.9 Å². The predicted octanol–water partition coefficient (Wildman–Crippen LogP) is 4.50. The Hall–Kier alpha value is -0.850. The zero-order valence-electron chi connectivity index (χ0n) is 10.5. The SMILES string of the molecule is CCCC(C)c1ncccc1C(C)CC. The Morgan fingerprint density at radius 2 is 1.93 bits per heavy atom. The van der Waals surface area contributed by atoms with Gasteiger partial charge in [0.2, 0.25) is 0 Å². The van der Waals surface area contributed by atoms with Gasteiger partial charge in [0.15, 0.2) is 0 Å². The maximum absolute atomic E-state index is 4.57. The quantitative estimate of drug-likeness (QED) is 0.689. The molecule has 0 amide bonds. The minimum atomic E-state index is 0.597. The van der Waals surface area contributed by atoms with E-state index in [0.717, 1.165) is 0 Å². The Morgan fingerprint density at radius 1 is 1.20 bits per heavy atom. The number of rotatable bonds is 5. The highest BCUT2D eigenvalue weighted by atomic mass is 14.7. The van der Waals surface area contributed by atoms with Crippen molar-refractivity contribution in [1.29, 1.82) is 0 Å². The van der Waals surface area contributed by atoms with Crippen LogP contribution >= 0.6 is 0 Å². The fourth-order valence-corrected chi connectivity index (χ4v) is 2.05. The average Bonchev–Trinajstić information content (AvgIpc) is 2.28. The van der Waals surface area contributed by atoms with E-state index in [9.17, 15) is 0 Å². The van der Waals surface area contributed by atoms with Gasteiger partial charge in [0.1, 0.15) is 0 Å². The fraction of sp³-hybridized carbons (Fsp3) is 0.643. The summed E-state index contributed by atoms with van der Waals surface area (Å²) in [5, 5.41) is 0. The summed E-state index contributed by atoms with van der Waals surface area (Å²) in [4.78, 5) is 4.57. The van der Waals surface area contributed by atoms with E-state index in [-0.39, 0.29) is 0 Å². The van der Waals surface area contributed by atoms with Crippen LogP contribution in [-0.4, -0.2) is 4.98 Å². The van der Waals surface area contributed by atoms with Gasteiger partial charge in [-0.25, -0.2) is 0 Å². The lowest BCUT2D eigenvalue weighted by Gasteiger charge is -2.18. The van der Waals surface area contributed by atoms with E-state index < -0.39 is 0 Å². The maximum atomic E-state index is 4.57. The second-order valence-electron chi connectivity index (χ2n) is 4.48. The second kappa shape index (κ2) is 5.89. The van der Waals surface area contributed by atoms with E-state index in [2.05, 4.69) is 44.8 Å². The van der Waals surface area contributed by atoms with Crippen LogP contribution < -0.4 is 0 Å². The van der Waals surface area contributed by atoms with Crippen LogP contribution in [0.3, 0.4) is 0 Å². The van der Waals surface area contributed by atoms with Gasteiger partial charge >= 0.3 is 0 Å². The van der Waals surface area contributed by atoms with E-state index in [1.807, 2.05) is 6.20 Å². The number of nitrogens with zero attached hydrogens (tertiary/aromatic N) is 1. The van der Waals surface area contributed by atoms with Crippen molar-refractivity contribution in [3.05, 3.63) is 29.6 Å². The van der Waals surface area contributed by atoms with Crippen LogP contribution in [0.15, 0.2) is 18.3 Å². The molecule has 1 rings (SSSR count). The first-order chi connectivity index (χ1) is 7.20. The minimum absolute atomic E-state index is 0.597. The third-order valence-corrected chi connectivity index (χ3v) is 3.20. The molecule has 0 aliphatic heterocycles. The summed E-state index contributed by atoms with van der Waals surface area (Å²) in [7, 11) is 0. The highest BCUT2D eigenvalue weighted by Crippen LogP contribution is 2.28. The van der Waals surface area contributed by atoms with Crippen LogP contribution in [0.4, 0.5) is 0 Å². The lowest BCUT2D eigenvalue weighted by Crippen LogP contribution is -2.04. The van der Waals surface area contributed by atoms with Gasteiger partial charge < -0.3 is 0 Å². The summed E-state index contributed by atoms with van der Waals surface area (Å²) in [6, 6.07) is 4.30. The van der Waals surface area contributed by atoms with E-state index in [0.29, 0.717) is 11.8 Å². The largest absolute Gasteiger partial charge is 0.261 e. The van der Waals surface area contributed by atoms with Crippen LogP contribution in [0.5, 0.6) is 0 Å². The van der Waals surface area contributed by atoms with Gasteiger partial charge in [-0.1, -0.05) is 40.2 Å². The van der Waals surface area contributed by atoms with Crippen molar-refractivity contribution in [2.75, 3.05) is 0 Å². The monoisotopic (exact) mass is 205 g/mol. The lowest BCUT2D eigenvalue weighted by molar-refractivity contribution is 0.620. The molecule has 0 fully saturated rings. The van der Waals surface area contributed by atoms with Crippen LogP contribution in [0.2, 0.25) is 0 Å². The Kier molecular flexibility index (Phi) is 4.80. The van der Waals surface area contributed by atoms with Crippen molar-refractivity contribution in [2.24, 2.45) is 0 Å². The lowest BCUT2D eigenvalue weighted by atomic mass is 9.90. The number of hydrogen-bond acceptors (Lipinski definition) is 1. The van der Waals surface area contributed by atoms with E-state index >= 15 is 0 Å². The smallest absolute Gasteiger partial charge is 0.0466 e. The zero-order valence-corrected chi connectivity index (χ0v) is 10.5. The van der Waals surface area contributed by atoms with Crippen LogP contribution in [0, 0.1) is 0 Å². The summed E-state index contributed by atoms with van der Waals surface area (Å²) in [6.07, 6.45) is 5.59. The first-order valence-corrected chi connectivity index (χ1v) is 6.15. The summed E-state index contributed by atoms with van der Waals surface area (Å²) in [6.45, 7) is 9.06. The summed E-state index contributed by atoms with van der Waals surface area (Å²) >= 11 is 0. The zero-order chi connectivity index (χ0) is 11.3. The van der Waals surface area contributed by atoms with Gasteiger partial charge in [0.25, 0.3) is 0 Å². The molecule has 0 bridgehead atoms. The van der Waals surface area contributed by atoms with Crippen molar-refractivity contribution in [2.45, 2.75) is 58.8 Å². The third kappa shape index (κ3) is 3.05. The van der Waals surface area contributed by atoms with Crippen LogP contribution in [0.25, 0.3) is 0 Å². The van der Waals surface area contributed by atoms with Gasteiger partial charge in [-0.2, -0.15) is 0 Å². The number of pyridine rings is 1. The Bertz CT molecular complexity index is 293. The molecule has 0 radical (unpaired) electrons. The highest BCUT2D eigenvalue weighted by molar-refractivity contribution is 5.26. The molecule has 0 saturated carbocycles. The first-order valence-electron chi connectivity index (χ1n) is 6.15. The highest BCUT2D eigenvalue weighted by Gasteiger charge is 2.14. The van der Waals surface area contributed by atoms with E-state index in [4.69, 9.17) is 0 Å². The number of hydrogen-bond donors (Lipinski definition) is 0. The summed E-state index contributed by atoms with van der Waals surface area (Å²) in [5.41, 5.74) is 2.76. The van der Waals surface area contributed by atoms with Gasteiger partial charge in [-0.15, -0.1) is 0 Å². The van der Waals surface area contributed by atoms with Crippen molar-refractivity contribution in [3.63, 3.8) is 0 Å². The molecule has 2 atom stereocenters. The molecule has 0 aliphatic carbocycles. The molecule has 15 heavy (non-hydrogen) atoms. The van der Waals surface area contributed by atoms with Gasteiger partial charge in [0, 0.05) is 11.9 Å². The molecule has 0 aliphatic rings. The van der Waals surface area contributed by atoms with Gasteiger partial charge in [-0.3, -0.25) is 4.98 Å². The molecule has 0 aromatic carbocycles. The molecule has 0 N–H and O–H groups in total. The molecule has 1 heterocycles. The Balaban J connectivity index is 2.95. The van der Waals surface area contributed by atoms with E-state index in [1.165, 1.54) is 30.5 Å². The first kappa shape index (κ1) is 12.2. The number of aromatic nitrogens is 1. The minimum Gasteiger partial charge on any atom is -0.261 e. The molecule has 1 aromatic heterocycles. The Morgan fingerprint density at radius 3 is 2.53 bits per heavy atom. The molecule has 1 nitrogen and oxygen atoms in total. The van der Waals surface area contributed by atoms with Gasteiger partial charge in [-0.05, 0) is 36.3 Å². The molecule has 84 valence electrons. The maximum Gasteiger partial charge on any atom is 0.0466 e. The normalized spacial score (nSPS) is 14.9. The van der Waals surface area contributed by atoms with E-state index in [1.54, 1.807) is 0 Å². The topological polar surface area (TPSA) is 12.9 Å². The van der Waals surface area contributed by atoms with Crippen molar-refractivity contribution < 1.29 is 0 Å². The van der Waals surface area contributed by atoms with Crippen molar-refractivity contribution in [1.82, 2.24) is 4.98 Å². The average molecular weight is 205 g/mol. The molecular formula is C14H23N. The van der Waals surface area contributed by atoms with Crippen molar-refractivity contribution >= 4 is 0 Å². The molecule has 0 saturated heterocycles. The van der Waals surface area contributed by atoms with Crippen LogP contribution in [0.1, 0.15) is 70.1 Å². The molecule has 2 unspecified atom stereocenters. The molecule has 1 heteroatoms. The third-order valence-electron chi connectivity index (χ3n) is 3.20. The second-order valence-corrected chi connectivity index (χ2v) is 4.48. The summed E-state index contributed by atoms with van der Waals surface area (Å²) < 4.78 is 0. The van der Waals surface area contributed by atoms with Crippen LogP contribution in [-0.2, 0) is 0 Å². The fourth-order valence-electron chi connectivity index (χ4n) is 2.05. The predicted molar refractivity (Wildman–Crippen MR) is 66.3 cm³/mol. The standard InChI is InChI=1S/C14H23N/c1-5-8-12(4)14-13(11(3)6-2)9-7-10-15-14/h7,9-12H,5-6,8H2,1-4H3. The molecular weight excluding hydrogens is 182 g/mol. The summed E-state index contributed by atoms with van der Waals surface area (Å²) in [5.74, 6) is 1.23.